The molecule has 0 spiro atoms. The van der Waals surface area contributed by atoms with Gasteiger partial charge in [-0.05, 0) is 18.6 Å². The van der Waals surface area contributed by atoms with E-state index in [0.717, 1.165) is 12.1 Å². The predicted octanol–water partition coefficient (Wildman–Crippen LogP) is 3.54. The van der Waals surface area contributed by atoms with Crippen molar-refractivity contribution in [2.24, 2.45) is 10.7 Å². The maximum atomic E-state index is 12.8. The molecule has 0 saturated carbocycles. The smallest absolute Gasteiger partial charge is 0.383 e. The van der Waals surface area contributed by atoms with Crippen molar-refractivity contribution in [1.29, 1.82) is 0 Å². The van der Waals surface area contributed by atoms with Gasteiger partial charge in [0.05, 0.1) is 18.7 Å². The Morgan fingerprint density at radius 2 is 1.88 bits per heavy atom. The van der Waals surface area contributed by atoms with Crippen molar-refractivity contribution >= 4 is 29.9 Å². The minimum atomic E-state index is -4.36. The zero-order valence-corrected chi connectivity index (χ0v) is 16.6. The summed E-state index contributed by atoms with van der Waals surface area (Å²) in [6.07, 6.45) is -4.36. The summed E-state index contributed by atoms with van der Waals surface area (Å²) in [6, 6.07) is 5.30. The predicted molar refractivity (Wildman–Crippen MR) is 101 cm³/mol. The minimum absolute atomic E-state index is 0. The third kappa shape index (κ3) is 7.25. The summed E-state index contributed by atoms with van der Waals surface area (Å²) < 4.78 is 43.4. The molecule has 8 heteroatoms. The van der Waals surface area contributed by atoms with Crippen molar-refractivity contribution < 1.29 is 17.9 Å². The average Bonchev–Trinajstić information content (AvgIpc) is 2.45. The van der Waals surface area contributed by atoms with Crippen molar-refractivity contribution in [1.82, 2.24) is 5.32 Å². The van der Waals surface area contributed by atoms with E-state index in [1.54, 1.807) is 13.2 Å². The van der Waals surface area contributed by atoms with E-state index >= 15 is 0 Å². The van der Waals surface area contributed by atoms with Crippen molar-refractivity contribution in [3.63, 3.8) is 0 Å². The second-order valence-corrected chi connectivity index (χ2v) is 6.16. The first kappa shape index (κ1) is 23.0. The molecule has 0 bridgehead atoms. The third-order valence-electron chi connectivity index (χ3n) is 3.43. The third-order valence-corrected chi connectivity index (χ3v) is 3.43. The first-order valence-corrected chi connectivity index (χ1v) is 7.29. The van der Waals surface area contributed by atoms with Crippen LogP contribution in [0.15, 0.2) is 29.3 Å². The van der Waals surface area contributed by atoms with Gasteiger partial charge in [-0.1, -0.05) is 32.0 Å². The Bertz CT molecular complexity index is 548. The standard InChI is InChI=1S/C16H24F3N3O.HI/c1-11(9-23-4)22-14(20)21-10-15(2,3)12-6-5-7-13(8-12)16(17,18)19;/h5-8,11H,9-10H2,1-4H3,(H3,20,21,22);1H. The number of hydrogen-bond donors (Lipinski definition) is 2. The van der Waals surface area contributed by atoms with Gasteiger partial charge in [-0.2, -0.15) is 13.2 Å². The number of rotatable bonds is 6. The number of benzene rings is 1. The summed E-state index contributed by atoms with van der Waals surface area (Å²) in [5.41, 5.74) is 5.12. The van der Waals surface area contributed by atoms with Gasteiger partial charge in [0.2, 0.25) is 0 Å². The van der Waals surface area contributed by atoms with E-state index < -0.39 is 17.2 Å². The highest BCUT2D eigenvalue weighted by Gasteiger charge is 2.32. The summed E-state index contributed by atoms with van der Waals surface area (Å²) in [6.45, 7) is 6.31. The highest BCUT2D eigenvalue weighted by molar-refractivity contribution is 14.0. The summed E-state index contributed by atoms with van der Waals surface area (Å²) in [5.74, 6) is 0.245. The molecule has 0 aliphatic heterocycles. The SMILES string of the molecule is COCC(C)NC(N)=NCC(C)(C)c1cccc(C(F)(F)F)c1.I. The molecule has 138 valence electrons. The molecule has 1 aromatic carbocycles. The van der Waals surface area contributed by atoms with Crippen molar-refractivity contribution in [3.05, 3.63) is 35.4 Å². The number of guanidine groups is 1. The van der Waals surface area contributed by atoms with Gasteiger partial charge in [-0.25, -0.2) is 0 Å². The van der Waals surface area contributed by atoms with Crippen LogP contribution in [0.25, 0.3) is 0 Å². The van der Waals surface area contributed by atoms with Crippen LogP contribution in [-0.4, -0.2) is 32.3 Å². The molecule has 0 amide bonds. The number of hydrogen-bond acceptors (Lipinski definition) is 2. The van der Waals surface area contributed by atoms with E-state index in [0.29, 0.717) is 12.2 Å². The summed E-state index contributed by atoms with van der Waals surface area (Å²) >= 11 is 0. The molecule has 0 heterocycles. The van der Waals surface area contributed by atoms with Gasteiger partial charge < -0.3 is 15.8 Å². The van der Waals surface area contributed by atoms with Crippen molar-refractivity contribution in [3.8, 4) is 0 Å². The topological polar surface area (TPSA) is 59.6 Å². The molecular formula is C16H25F3IN3O. The van der Waals surface area contributed by atoms with Crippen LogP contribution >= 0.6 is 24.0 Å². The zero-order valence-electron chi connectivity index (χ0n) is 14.3. The van der Waals surface area contributed by atoms with E-state index in [4.69, 9.17) is 10.5 Å². The maximum absolute atomic E-state index is 12.8. The normalized spacial score (nSPS) is 14.0. The molecule has 0 radical (unpaired) electrons. The molecule has 0 fully saturated rings. The molecule has 3 N–H and O–H groups in total. The van der Waals surface area contributed by atoms with E-state index in [-0.39, 0.29) is 42.5 Å². The van der Waals surface area contributed by atoms with Crippen molar-refractivity contribution in [2.75, 3.05) is 20.3 Å². The fourth-order valence-electron chi connectivity index (χ4n) is 2.08. The number of alkyl halides is 3. The second kappa shape index (κ2) is 9.45. The molecule has 1 unspecified atom stereocenters. The first-order valence-electron chi connectivity index (χ1n) is 7.29. The van der Waals surface area contributed by atoms with Crippen LogP contribution in [0.3, 0.4) is 0 Å². The fourth-order valence-corrected chi connectivity index (χ4v) is 2.08. The molecule has 24 heavy (non-hydrogen) atoms. The van der Waals surface area contributed by atoms with E-state index in [1.165, 1.54) is 6.07 Å². The number of nitrogens with two attached hydrogens (primary N) is 1. The van der Waals surface area contributed by atoms with Crippen molar-refractivity contribution in [2.45, 2.75) is 38.4 Å². The van der Waals surface area contributed by atoms with Crippen LogP contribution < -0.4 is 11.1 Å². The fraction of sp³-hybridized carbons (Fsp3) is 0.562. The van der Waals surface area contributed by atoms with Gasteiger partial charge in [0.1, 0.15) is 0 Å². The van der Waals surface area contributed by atoms with Crippen LogP contribution in [0.5, 0.6) is 0 Å². The highest BCUT2D eigenvalue weighted by Crippen LogP contribution is 2.32. The van der Waals surface area contributed by atoms with E-state index in [1.807, 2.05) is 20.8 Å². The lowest BCUT2D eigenvalue weighted by Crippen LogP contribution is -2.41. The number of nitrogens with one attached hydrogen (secondary N) is 1. The minimum Gasteiger partial charge on any atom is -0.383 e. The Hall–Kier alpha value is -1.03. The zero-order chi connectivity index (χ0) is 17.7. The van der Waals surface area contributed by atoms with E-state index in [9.17, 15) is 13.2 Å². The van der Waals surface area contributed by atoms with Gasteiger partial charge in [0.25, 0.3) is 0 Å². The van der Waals surface area contributed by atoms with Crippen LogP contribution in [0.2, 0.25) is 0 Å². The lowest BCUT2D eigenvalue weighted by Gasteiger charge is -2.24. The molecule has 4 nitrogen and oxygen atoms in total. The lowest BCUT2D eigenvalue weighted by molar-refractivity contribution is -0.137. The van der Waals surface area contributed by atoms with Gasteiger partial charge in [-0.3, -0.25) is 4.99 Å². The molecule has 0 aliphatic rings. The number of halogens is 4. The molecule has 1 rings (SSSR count). The summed E-state index contributed by atoms with van der Waals surface area (Å²) in [4.78, 5) is 4.23. The number of nitrogens with zero attached hydrogens (tertiary/aromatic N) is 1. The Morgan fingerprint density at radius 1 is 1.29 bits per heavy atom. The molecular weight excluding hydrogens is 434 g/mol. The Labute approximate surface area is 158 Å². The molecule has 0 aromatic heterocycles. The van der Waals surface area contributed by atoms with Gasteiger partial charge >= 0.3 is 6.18 Å². The van der Waals surface area contributed by atoms with Gasteiger partial charge in [0, 0.05) is 18.6 Å². The molecule has 1 aromatic rings. The second-order valence-electron chi connectivity index (χ2n) is 6.16. The Morgan fingerprint density at radius 3 is 2.42 bits per heavy atom. The van der Waals surface area contributed by atoms with E-state index in [2.05, 4.69) is 10.3 Å². The van der Waals surface area contributed by atoms with Gasteiger partial charge in [-0.15, -0.1) is 24.0 Å². The van der Waals surface area contributed by atoms with Gasteiger partial charge in [0.15, 0.2) is 5.96 Å². The quantitative estimate of drug-likeness (QED) is 0.389. The molecule has 0 aliphatic carbocycles. The van der Waals surface area contributed by atoms with Crippen LogP contribution in [-0.2, 0) is 16.3 Å². The number of aliphatic imine (C=N–C) groups is 1. The molecule has 1 atom stereocenters. The van der Waals surface area contributed by atoms with Crippen LogP contribution in [0.1, 0.15) is 31.9 Å². The summed E-state index contributed by atoms with van der Waals surface area (Å²) in [5, 5.41) is 2.96. The van der Waals surface area contributed by atoms with Crippen LogP contribution in [0.4, 0.5) is 13.2 Å². The first-order chi connectivity index (χ1) is 10.6. The maximum Gasteiger partial charge on any atom is 0.416 e. The largest absolute Gasteiger partial charge is 0.416 e. The summed E-state index contributed by atoms with van der Waals surface area (Å²) in [7, 11) is 1.59. The monoisotopic (exact) mass is 459 g/mol. The number of ether oxygens (including phenoxy) is 1. The lowest BCUT2D eigenvalue weighted by atomic mass is 9.84. The van der Waals surface area contributed by atoms with Crippen LogP contribution in [0, 0.1) is 0 Å². The average molecular weight is 459 g/mol. The molecule has 0 saturated heterocycles. The number of methoxy groups -OCH3 is 1. The Kier molecular flexibility index (Phi) is 9.05. The highest BCUT2D eigenvalue weighted by atomic mass is 127. The Balaban J connectivity index is 0.00000529.